The Labute approximate surface area is 157 Å². The minimum Gasteiger partial charge on any atom is -0.494 e. The molecule has 2 aliphatic rings. The van der Waals surface area contributed by atoms with E-state index >= 15 is 0 Å². The maximum atomic E-state index is 12.3. The Balaban J connectivity index is 1.49. The molecule has 1 saturated heterocycles. The number of hydrogen-bond donors (Lipinski definition) is 1. The van der Waals surface area contributed by atoms with Gasteiger partial charge in [-0.1, -0.05) is 0 Å². The van der Waals surface area contributed by atoms with Gasteiger partial charge in [0.05, 0.1) is 12.3 Å². The predicted octanol–water partition coefficient (Wildman–Crippen LogP) is 4.14. The molecule has 0 radical (unpaired) electrons. The second-order valence-corrected chi connectivity index (χ2v) is 8.38. The van der Waals surface area contributed by atoms with Crippen molar-refractivity contribution in [3.05, 3.63) is 23.8 Å². The van der Waals surface area contributed by atoms with E-state index in [1.54, 1.807) is 4.90 Å². The highest BCUT2D eigenvalue weighted by Gasteiger charge is 2.29. The molecule has 1 aromatic rings. The zero-order chi connectivity index (χ0) is 18.6. The van der Waals surface area contributed by atoms with Crippen molar-refractivity contribution < 1.29 is 14.3 Å². The van der Waals surface area contributed by atoms with Crippen LogP contribution < -0.4 is 15.0 Å². The van der Waals surface area contributed by atoms with Crippen LogP contribution in [0.15, 0.2) is 18.2 Å². The highest BCUT2D eigenvalue weighted by atomic mass is 16.6. The standard InChI is InChI=1S/C21H32N2O3/c1-21(2,3)26-20(24)23-12-10-17-14-18(8-9-19(17)23)25-13-5-7-16-6-4-11-22-15-16/h8-9,14,16,22H,4-7,10-13,15H2,1-3H3. The van der Waals surface area contributed by atoms with Crippen LogP contribution in [0.5, 0.6) is 5.75 Å². The highest BCUT2D eigenvalue weighted by molar-refractivity contribution is 5.90. The van der Waals surface area contributed by atoms with Crippen LogP contribution in [0.4, 0.5) is 10.5 Å². The summed E-state index contributed by atoms with van der Waals surface area (Å²) < 4.78 is 11.4. The van der Waals surface area contributed by atoms with Gasteiger partial charge in [-0.3, -0.25) is 4.90 Å². The van der Waals surface area contributed by atoms with Crippen molar-refractivity contribution in [2.24, 2.45) is 5.92 Å². The Morgan fingerprint density at radius 3 is 2.92 bits per heavy atom. The van der Waals surface area contributed by atoms with Gasteiger partial charge >= 0.3 is 6.09 Å². The van der Waals surface area contributed by atoms with Gasteiger partial charge in [-0.2, -0.15) is 0 Å². The van der Waals surface area contributed by atoms with E-state index in [4.69, 9.17) is 9.47 Å². The van der Waals surface area contributed by atoms with Crippen LogP contribution >= 0.6 is 0 Å². The fourth-order valence-corrected chi connectivity index (χ4v) is 3.71. The molecule has 1 N–H and O–H groups in total. The minimum atomic E-state index is -0.475. The maximum absolute atomic E-state index is 12.3. The first kappa shape index (κ1) is 19.0. The first-order valence-corrected chi connectivity index (χ1v) is 9.89. The Morgan fingerprint density at radius 1 is 1.35 bits per heavy atom. The second kappa shape index (κ2) is 8.30. The largest absolute Gasteiger partial charge is 0.494 e. The van der Waals surface area contributed by atoms with Crippen molar-refractivity contribution in [1.29, 1.82) is 0 Å². The van der Waals surface area contributed by atoms with Gasteiger partial charge in [0.1, 0.15) is 11.4 Å². The molecular formula is C21H32N2O3. The zero-order valence-electron chi connectivity index (χ0n) is 16.3. The van der Waals surface area contributed by atoms with Crippen molar-refractivity contribution in [1.82, 2.24) is 5.32 Å². The van der Waals surface area contributed by atoms with Gasteiger partial charge in [-0.05, 0) is 95.6 Å². The summed E-state index contributed by atoms with van der Waals surface area (Å²) in [4.78, 5) is 14.1. The van der Waals surface area contributed by atoms with E-state index in [9.17, 15) is 4.79 Å². The Morgan fingerprint density at radius 2 is 2.19 bits per heavy atom. The normalized spacial score (nSPS) is 20.0. The highest BCUT2D eigenvalue weighted by Crippen LogP contribution is 2.32. The molecule has 1 fully saturated rings. The van der Waals surface area contributed by atoms with E-state index in [1.165, 1.54) is 25.8 Å². The van der Waals surface area contributed by atoms with E-state index in [0.717, 1.165) is 48.9 Å². The van der Waals surface area contributed by atoms with Crippen LogP contribution in [0.25, 0.3) is 0 Å². The second-order valence-electron chi connectivity index (χ2n) is 8.38. The molecule has 0 aromatic heterocycles. The first-order valence-electron chi connectivity index (χ1n) is 9.89. The molecule has 0 spiro atoms. The van der Waals surface area contributed by atoms with Crippen molar-refractivity contribution in [3.8, 4) is 5.75 Å². The molecule has 0 bridgehead atoms. The van der Waals surface area contributed by atoms with Crippen molar-refractivity contribution >= 4 is 11.8 Å². The van der Waals surface area contributed by atoms with Gasteiger partial charge in [-0.25, -0.2) is 4.79 Å². The third-order valence-electron chi connectivity index (χ3n) is 4.98. The third kappa shape index (κ3) is 5.13. The number of fused-ring (bicyclic) bond motifs is 1. The van der Waals surface area contributed by atoms with Gasteiger partial charge in [0.15, 0.2) is 0 Å². The van der Waals surface area contributed by atoms with Crippen LogP contribution in [0.3, 0.4) is 0 Å². The van der Waals surface area contributed by atoms with Crippen molar-refractivity contribution in [2.75, 3.05) is 31.1 Å². The number of benzene rings is 1. The number of hydrogen-bond acceptors (Lipinski definition) is 4. The fraction of sp³-hybridized carbons (Fsp3) is 0.667. The molecule has 5 heteroatoms. The van der Waals surface area contributed by atoms with E-state index in [-0.39, 0.29) is 6.09 Å². The molecule has 1 amide bonds. The van der Waals surface area contributed by atoms with E-state index in [1.807, 2.05) is 32.9 Å². The molecule has 2 heterocycles. The van der Waals surface area contributed by atoms with Crippen LogP contribution in [0.2, 0.25) is 0 Å². The van der Waals surface area contributed by atoms with Gasteiger partial charge in [0.25, 0.3) is 0 Å². The molecule has 3 rings (SSSR count). The lowest BCUT2D eigenvalue weighted by Crippen LogP contribution is -2.35. The number of anilines is 1. The van der Waals surface area contributed by atoms with E-state index in [0.29, 0.717) is 6.54 Å². The number of nitrogens with zero attached hydrogens (tertiary/aromatic N) is 1. The number of rotatable bonds is 5. The predicted molar refractivity (Wildman–Crippen MR) is 104 cm³/mol. The lowest BCUT2D eigenvalue weighted by atomic mass is 9.95. The number of piperidine rings is 1. The van der Waals surface area contributed by atoms with Crippen LogP contribution in [-0.2, 0) is 11.2 Å². The SMILES string of the molecule is CC(C)(C)OC(=O)N1CCc2cc(OCCCC3CCCNC3)ccc21. The Kier molecular flexibility index (Phi) is 6.07. The van der Waals surface area contributed by atoms with Crippen molar-refractivity contribution in [3.63, 3.8) is 0 Å². The quantitative estimate of drug-likeness (QED) is 0.802. The van der Waals surface area contributed by atoms with Gasteiger partial charge < -0.3 is 14.8 Å². The molecule has 1 unspecified atom stereocenters. The molecule has 1 atom stereocenters. The molecule has 1 aromatic carbocycles. The minimum absolute atomic E-state index is 0.272. The van der Waals surface area contributed by atoms with E-state index < -0.39 is 5.60 Å². The summed E-state index contributed by atoms with van der Waals surface area (Å²) in [6, 6.07) is 6.01. The Bertz CT molecular complexity index is 618. The molecule has 5 nitrogen and oxygen atoms in total. The number of carbonyl (C=O) groups excluding carboxylic acids is 1. The first-order chi connectivity index (χ1) is 12.4. The average molecular weight is 360 g/mol. The van der Waals surface area contributed by atoms with Gasteiger partial charge in [0, 0.05) is 6.54 Å². The number of amides is 1. The van der Waals surface area contributed by atoms with Crippen LogP contribution in [-0.4, -0.2) is 37.9 Å². The molecular weight excluding hydrogens is 328 g/mol. The summed E-state index contributed by atoms with van der Waals surface area (Å²) in [6.45, 7) is 9.42. The summed E-state index contributed by atoms with van der Waals surface area (Å²) in [6.07, 6.45) is 5.53. The number of carbonyl (C=O) groups is 1. The summed E-state index contributed by atoms with van der Waals surface area (Å²) in [7, 11) is 0. The summed E-state index contributed by atoms with van der Waals surface area (Å²) in [5.74, 6) is 1.70. The molecule has 2 aliphatic heterocycles. The smallest absolute Gasteiger partial charge is 0.414 e. The summed E-state index contributed by atoms with van der Waals surface area (Å²) in [5.41, 5.74) is 1.63. The van der Waals surface area contributed by atoms with E-state index in [2.05, 4.69) is 11.4 Å². The molecule has 144 valence electrons. The molecule has 0 saturated carbocycles. The topological polar surface area (TPSA) is 50.8 Å². The van der Waals surface area contributed by atoms with Crippen LogP contribution in [0.1, 0.15) is 52.0 Å². The molecule has 0 aliphatic carbocycles. The van der Waals surface area contributed by atoms with Crippen molar-refractivity contribution in [2.45, 2.75) is 58.5 Å². The van der Waals surface area contributed by atoms with Gasteiger partial charge in [-0.15, -0.1) is 0 Å². The average Bonchev–Trinajstić information content (AvgIpc) is 3.01. The monoisotopic (exact) mass is 360 g/mol. The zero-order valence-corrected chi connectivity index (χ0v) is 16.3. The van der Waals surface area contributed by atoms with Crippen LogP contribution in [0, 0.1) is 5.92 Å². The summed E-state index contributed by atoms with van der Waals surface area (Å²) in [5, 5.41) is 3.47. The summed E-state index contributed by atoms with van der Waals surface area (Å²) >= 11 is 0. The maximum Gasteiger partial charge on any atom is 0.414 e. The number of nitrogens with one attached hydrogen (secondary N) is 1. The number of ether oxygens (including phenoxy) is 2. The lowest BCUT2D eigenvalue weighted by Gasteiger charge is -2.24. The lowest BCUT2D eigenvalue weighted by molar-refractivity contribution is 0.0584. The Hall–Kier alpha value is -1.75. The third-order valence-corrected chi connectivity index (χ3v) is 4.98. The molecule has 26 heavy (non-hydrogen) atoms. The fourth-order valence-electron chi connectivity index (χ4n) is 3.71. The van der Waals surface area contributed by atoms with Gasteiger partial charge in [0.2, 0.25) is 0 Å².